The fourth-order valence-corrected chi connectivity index (χ4v) is 4.55. The lowest BCUT2D eigenvalue weighted by atomic mass is 10.1. The highest BCUT2D eigenvalue weighted by molar-refractivity contribution is 5.67. The van der Waals surface area contributed by atoms with Crippen molar-refractivity contribution in [3.05, 3.63) is 96.8 Å². The topological polar surface area (TPSA) is 121 Å². The van der Waals surface area contributed by atoms with Gasteiger partial charge >= 0.3 is 0 Å². The first-order chi connectivity index (χ1) is 21.1. The van der Waals surface area contributed by atoms with Crippen LogP contribution in [0, 0.1) is 6.92 Å². The molecule has 0 spiro atoms. The van der Waals surface area contributed by atoms with Gasteiger partial charge in [-0.15, -0.1) is 10.2 Å². The van der Waals surface area contributed by atoms with Crippen LogP contribution in [0.2, 0.25) is 0 Å². The predicted octanol–water partition coefficient (Wildman–Crippen LogP) is 5.96. The molecule has 0 fully saturated rings. The Hall–Kier alpha value is -4.93. The van der Waals surface area contributed by atoms with Gasteiger partial charge in [0.15, 0.2) is 5.82 Å². The number of benzene rings is 2. The fraction of sp³-hybridized carbons (Fsp3) is 0.242. The van der Waals surface area contributed by atoms with E-state index in [0.717, 1.165) is 54.1 Å². The second-order valence-electron chi connectivity index (χ2n) is 9.94. The Morgan fingerprint density at radius 1 is 0.860 bits per heavy atom. The lowest BCUT2D eigenvalue weighted by Crippen LogP contribution is -2.28. The maximum atomic E-state index is 9.17. The third kappa shape index (κ3) is 8.09. The highest BCUT2D eigenvalue weighted by Gasteiger charge is 2.12. The van der Waals surface area contributed by atoms with Crippen LogP contribution >= 0.6 is 0 Å². The number of anilines is 3. The number of aliphatic hydroxyl groups excluding tert-OH is 1. The molecule has 0 amide bonds. The summed E-state index contributed by atoms with van der Waals surface area (Å²) in [7, 11) is 0. The Kier molecular flexibility index (Phi) is 10.2. The Morgan fingerprint density at radius 3 is 2.47 bits per heavy atom. The molecule has 0 unspecified atom stereocenters. The normalized spacial score (nSPS) is 11.0. The molecule has 2 aromatic carbocycles. The maximum absolute atomic E-state index is 9.17. The third-order valence-electron chi connectivity index (χ3n) is 6.89. The smallest absolute Gasteiger partial charge is 0.228 e. The summed E-state index contributed by atoms with van der Waals surface area (Å²) in [4.78, 5) is 15.7. The number of aryl methyl sites for hydroxylation is 1. The molecular weight excluding hydrogens is 540 g/mol. The molecule has 3 N–H and O–H groups in total. The van der Waals surface area contributed by atoms with Crippen molar-refractivity contribution in [2.24, 2.45) is 0 Å². The molecule has 0 aliphatic heterocycles. The van der Waals surface area contributed by atoms with Crippen LogP contribution in [0.25, 0.3) is 22.5 Å². The molecule has 0 radical (unpaired) electrons. The third-order valence-corrected chi connectivity index (χ3v) is 6.89. The standard InChI is InChI=1S/C33H36N8O2/c1-3-41(21-22-42)20-8-18-35-33-36-19-16-29(38-33)28-11-7-17-34-32(28)43-27-14-12-26(13-15-27)37-31-24(2)23-30(39-40-31)25-9-5-4-6-10-25/h4-7,9-17,19,23,42H,3,8,18,20-22H2,1-2H3,(H,37,40)(H,35,36,38). The Balaban J connectivity index is 1.22. The van der Waals surface area contributed by atoms with Gasteiger partial charge in [0.25, 0.3) is 0 Å². The van der Waals surface area contributed by atoms with Crippen molar-refractivity contribution >= 4 is 17.5 Å². The second kappa shape index (κ2) is 14.8. The Bertz CT molecular complexity index is 1600. The van der Waals surface area contributed by atoms with Crippen LogP contribution in [0.15, 0.2) is 91.3 Å². The van der Waals surface area contributed by atoms with Gasteiger partial charge in [0.1, 0.15) is 5.75 Å². The zero-order valence-electron chi connectivity index (χ0n) is 24.4. The van der Waals surface area contributed by atoms with E-state index in [4.69, 9.17) is 9.72 Å². The molecule has 43 heavy (non-hydrogen) atoms. The molecule has 220 valence electrons. The molecule has 10 nitrogen and oxygen atoms in total. The molecule has 3 heterocycles. The van der Waals surface area contributed by atoms with E-state index in [2.05, 4.69) is 42.6 Å². The van der Waals surface area contributed by atoms with Gasteiger partial charge in [-0.1, -0.05) is 37.3 Å². The van der Waals surface area contributed by atoms with Crippen molar-refractivity contribution in [3.63, 3.8) is 0 Å². The highest BCUT2D eigenvalue weighted by atomic mass is 16.5. The van der Waals surface area contributed by atoms with Crippen LogP contribution in [0.1, 0.15) is 18.9 Å². The van der Waals surface area contributed by atoms with E-state index in [-0.39, 0.29) is 6.61 Å². The summed E-state index contributed by atoms with van der Waals surface area (Å²) in [6.45, 7) is 7.49. The lowest BCUT2D eigenvalue weighted by Gasteiger charge is -2.18. The van der Waals surface area contributed by atoms with Gasteiger partial charge in [-0.25, -0.2) is 15.0 Å². The summed E-state index contributed by atoms with van der Waals surface area (Å²) >= 11 is 0. The number of likely N-dealkylation sites (N-methyl/N-ethyl adjacent to an activating group) is 1. The molecule has 0 bridgehead atoms. The quantitative estimate of drug-likeness (QED) is 0.137. The zero-order valence-corrected chi connectivity index (χ0v) is 24.4. The summed E-state index contributed by atoms with van der Waals surface area (Å²) in [6.07, 6.45) is 4.34. The highest BCUT2D eigenvalue weighted by Crippen LogP contribution is 2.31. The fourth-order valence-electron chi connectivity index (χ4n) is 4.55. The predicted molar refractivity (Wildman–Crippen MR) is 170 cm³/mol. The van der Waals surface area contributed by atoms with Crippen molar-refractivity contribution in [1.82, 2.24) is 30.0 Å². The van der Waals surface area contributed by atoms with Crippen molar-refractivity contribution in [1.29, 1.82) is 0 Å². The molecule has 0 saturated heterocycles. The van der Waals surface area contributed by atoms with E-state index in [1.54, 1.807) is 12.4 Å². The van der Waals surface area contributed by atoms with Crippen molar-refractivity contribution in [2.75, 3.05) is 43.4 Å². The lowest BCUT2D eigenvalue weighted by molar-refractivity contribution is 0.201. The van der Waals surface area contributed by atoms with Gasteiger partial charge < -0.3 is 25.4 Å². The van der Waals surface area contributed by atoms with Crippen LogP contribution in [0.5, 0.6) is 11.6 Å². The van der Waals surface area contributed by atoms with Gasteiger partial charge in [-0.3, -0.25) is 0 Å². The largest absolute Gasteiger partial charge is 0.438 e. The molecular formula is C33H36N8O2. The molecule has 10 heteroatoms. The second-order valence-corrected chi connectivity index (χ2v) is 9.94. The van der Waals surface area contributed by atoms with E-state index in [1.807, 2.05) is 85.8 Å². The molecule has 0 aliphatic carbocycles. The van der Waals surface area contributed by atoms with Crippen LogP contribution in [-0.2, 0) is 0 Å². The van der Waals surface area contributed by atoms with Gasteiger partial charge in [-0.05, 0) is 80.5 Å². The van der Waals surface area contributed by atoms with Gasteiger partial charge in [0.05, 0.1) is 23.6 Å². The Labute approximate surface area is 251 Å². The van der Waals surface area contributed by atoms with Crippen LogP contribution < -0.4 is 15.4 Å². The summed E-state index contributed by atoms with van der Waals surface area (Å²) in [5.41, 5.74) is 5.20. The van der Waals surface area contributed by atoms with Crippen LogP contribution in [0.4, 0.5) is 17.5 Å². The van der Waals surface area contributed by atoms with Gasteiger partial charge in [-0.2, -0.15) is 0 Å². The maximum Gasteiger partial charge on any atom is 0.228 e. The molecule has 0 saturated carbocycles. The first kappa shape index (κ1) is 29.6. The number of aromatic nitrogens is 5. The van der Waals surface area contributed by atoms with Crippen LogP contribution in [0.3, 0.4) is 0 Å². The first-order valence-corrected chi connectivity index (χ1v) is 14.4. The first-order valence-electron chi connectivity index (χ1n) is 14.4. The average molecular weight is 577 g/mol. The van der Waals surface area contributed by atoms with E-state index < -0.39 is 0 Å². The number of aliphatic hydroxyl groups is 1. The Morgan fingerprint density at radius 2 is 1.70 bits per heavy atom. The van der Waals surface area contributed by atoms with E-state index in [1.165, 1.54) is 0 Å². The molecule has 5 rings (SSSR count). The number of nitrogens with zero attached hydrogens (tertiary/aromatic N) is 6. The summed E-state index contributed by atoms with van der Waals surface area (Å²) in [5.74, 6) is 2.33. The number of ether oxygens (including phenoxy) is 1. The summed E-state index contributed by atoms with van der Waals surface area (Å²) < 4.78 is 6.18. The SMILES string of the molecule is CCN(CCO)CCCNc1nccc(-c2cccnc2Oc2ccc(Nc3nnc(-c4ccccc4)cc3C)cc2)n1. The summed E-state index contributed by atoms with van der Waals surface area (Å²) in [5, 5.41) is 24.6. The van der Waals surface area contributed by atoms with E-state index in [0.29, 0.717) is 35.6 Å². The van der Waals surface area contributed by atoms with E-state index in [9.17, 15) is 5.11 Å². The summed E-state index contributed by atoms with van der Waals surface area (Å²) in [6, 6.07) is 25.3. The number of nitrogens with one attached hydrogen (secondary N) is 2. The minimum absolute atomic E-state index is 0.168. The van der Waals surface area contributed by atoms with E-state index >= 15 is 0 Å². The van der Waals surface area contributed by atoms with Crippen LogP contribution in [-0.4, -0.2) is 67.9 Å². The van der Waals surface area contributed by atoms with Crippen molar-refractivity contribution in [3.8, 4) is 34.1 Å². The zero-order chi connectivity index (χ0) is 29.9. The van der Waals surface area contributed by atoms with Gasteiger partial charge in [0, 0.05) is 36.7 Å². The number of hydrogen-bond donors (Lipinski definition) is 3. The molecule has 0 atom stereocenters. The number of hydrogen-bond acceptors (Lipinski definition) is 10. The molecule has 0 aliphatic rings. The number of rotatable bonds is 14. The molecule has 3 aromatic heterocycles. The minimum atomic E-state index is 0.168. The van der Waals surface area contributed by atoms with Crippen molar-refractivity contribution < 1.29 is 9.84 Å². The van der Waals surface area contributed by atoms with Gasteiger partial charge in [0.2, 0.25) is 11.8 Å². The van der Waals surface area contributed by atoms with Crippen molar-refractivity contribution in [2.45, 2.75) is 20.3 Å². The monoisotopic (exact) mass is 576 g/mol. The minimum Gasteiger partial charge on any atom is -0.438 e. The average Bonchev–Trinajstić information content (AvgIpc) is 3.05. The molecule has 5 aromatic rings. The number of pyridine rings is 1.